The smallest absolute Gasteiger partial charge is 0.433 e. The molecule has 2 aromatic rings. The number of carbonyl (C=O) groups excluding carboxylic acids is 1. The molecule has 1 fully saturated rings. The number of fused-ring (bicyclic) bond motifs is 1. The van der Waals surface area contributed by atoms with Gasteiger partial charge < -0.3 is 9.64 Å². The summed E-state index contributed by atoms with van der Waals surface area (Å²) in [7, 11) is -3.56. The quantitative estimate of drug-likeness (QED) is 0.699. The molecule has 1 aliphatic carbocycles. The Balaban J connectivity index is 1.64. The van der Waals surface area contributed by atoms with Crippen LogP contribution >= 0.6 is 0 Å². The Morgan fingerprint density at radius 2 is 1.81 bits per heavy atom. The van der Waals surface area contributed by atoms with Crippen LogP contribution in [0.1, 0.15) is 52.9 Å². The number of benzene rings is 1. The molecule has 1 saturated carbocycles. The van der Waals surface area contributed by atoms with Crippen molar-refractivity contribution in [1.82, 2.24) is 9.88 Å². The van der Waals surface area contributed by atoms with Crippen molar-refractivity contribution >= 4 is 15.7 Å². The van der Waals surface area contributed by atoms with Gasteiger partial charge in [0, 0.05) is 25.5 Å². The third-order valence-corrected chi connectivity index (χ3v) is 6.70. The second-order valence-electron chi connectivity index (χ2n) is 7.95. The minimum atomic E-state index is -4.57. The average Bonchev–Trinajstić information content (AvgIpc) is 3.35. The fraction of sp³-hybridized carbons (Fsp3) is 0.429. The lowest BCUT2D eigenvalue weighted by Crippen LogP contribution is -2.27. The van der Waals surface area contributed by atoms with E-state index in [-0.39, 0.29) is 35.4 Å². The predicted molar refractivity (Wildman–Crippen MR) is 105 cm³/mol. The summed E-state index contributed by atoms with van der Waals surface area (Å²) in [6.45, 7) is 0.0665. The van der Waals surface area contributed by atoms with Crippen molar-refractivity contribution in [2.45, 2.75) is 55.9 Å². The number of sulfone groups is 1. The normalized spacial score (nSPS) is 17.1. The van der Waals surface area contributed by atoms with E-state index in [4.69, 9.17) is 4.74 Å². The third kappa shape index (κ3) is 4.53. The van der Waals surface area contributed by atoms with Crippen LogP contribution in [0.5, 0.6) is 5.75 Å². The molecule has 0 spiro atoms. The maximum Gasteiger partial charge on any atom is 0.433 e. The van der Waals surface area contributed by atoms with Gasteiger partial charge >= 0.3 is 6.18 Å². The zero-order valence-electron chi connectivity index (χ0n) is 16.8. The van der Waals surface area contributed by atoms with Crippen LogP contribution in [0.3, 0.4) is 0 Å². The molecule has 10 heteroatoms. The molecule has 0 saturated heterocycles. The fourth-order valence-corrected chi connectivity index (χ4v) is 4.59. The summed E-state index contributed by atoms with van der Waals surface area (Å²) in [4.78, 5) is 18.1. The van der Waals surface area contributed by atoms with Crippen LogP contribution in [0, 0.1) is 0 Å². The number of rotatable bonds is 4. The van der Waals surface area contributed by atoms with Crippen LogP contribution in [0.2, 0.25) is 0 Å². The molecule has 2 heterocycles. The molecule has 0 atom stereocenters. The Labute approximate surface area is 178 Å². The second kappa shape index (κ2) is 7.81. The average molecular weight is 454 g/mol. The first-order valence-corrected chi connectivity index (χ1v) is 11.8. The minimum Gasteiger partial charge on any atom is -0.490 e. The van der Waals surface area contributed by atoms with E-state index < -0.39 is 27.6 Å². The Morgan fingerprint density at radius 3 is 2.45 bits per heavy atom. The zero-order chi connectivity index (χ0) is 22.4. The molecule has 166 valence electrons. The Kier molecular flexibility index (Phi) is 5.45. The van der Waals surface area contributed by atoms with E-state index in [1.165, 1.54) is 23.1 Å². The molecule has 1 aromatic carbocycles. The maximum atomic E-state index is 13.3. The standard InChI is InChI=1S/C21H21F3N2O4S/c1-31(28,29)16-6-7-18(30-15-4-2-3-5-15)17(9-16)20(27)26-11-13-8-19(21(22,23)24)25-10-14(13)12-26/h6-10,15H,2-5,11-12H2,1H3. The SMILES string of the molecule is CS(=O)(=O)c1ccc(OC2CCCC2)c(C(=O)N2Cc3cnc(C(F)(F)F)cc3C2)c1. The monoisotopic (exact) mass is 454 g/mol. The lowest BCUT2D eigenvalue weighted by Gasteiger charge is -2.21. The lowest BCUT2D eigenvalue weighted by molar-refractivity contribution is -0.141. The van der Waals surface area contributed by atoms with Crippen LogP contribution in [-0.2, 0) is 29.1 Å². The van der Waals surface area contributed by atoms with Gasteiger partial charge in [-0.05, 0) is 61.1 Å². The van der Waals surface area contributed by atoms with Crippen molar-refractivity contribution in [3.63, 3.8) is 0 Å². The van der Waals surface area contributed by atoms with Crippen LogP contribution in [0.4, 0.5) is 13.2 Å². The first kappa shape index (κ1) is 21.6. The number of aromatic nitrogens is 1. The van der Waals surface area contributed by atoms with Gasteiger partial charge in [0.25, 0.3) is 5.91 Å². The summed E-state index contributed by atoms with van der Waals surface area (Å²) in [6.07, 6.45) is 1.29. The molecule has 6 nitrogen and oxygen atoms in total. The summed E-state index contributed by atoms with van der Waals surface area (Å²) in [5.74, 6) is -0.211. The molecule has 0 N–H and O–H groups in total. The Morgan fingerprint density at radius 1 is 1.13 bits per heavy atom. The van der Waals surface area contributed by atoms with Gasteiger partial charge in [-0.15, -0.1) is 0 Å². The number of nitrogens with zero attached hydrogens (tertiary/aromatic N) is 2. The van der Waals surface area contributed by atoms with Gasteiger partial charge in [-0.1, -0.05) is 0 Å². The molecule has 1 amide bonds. The molecule has 2 aliphatic rings. The van der Waals surface area contributed by atoms with Crippen molar-refractivity contribution in [2.75, 3.05) is 6.26 Å². The number of alkyl halides is 3. The molecule has 4 rings (SSSR count). The van der Waals surface area contributed by atoms with Gasteiger partial charge in [-0.25, -0.2) is 8.42 Å². The van der Waals surface area contributed by atoms with Gasteiger partial charge in [-0.2, -0.15) is 13.2 Å². The van der Waals surface area contributed by atoms with Gasteiger partial charge in [0.05, 0.1) is 16.6 Å². The van der Waals surface area contributed by atoms with E-state index >= 15 is 0 Å². The molecule has 31 heavy (non-hydrogen) atoms. The van der Waals surface area contributed by atoms with Crippen LogP contribution in [0.15, 0.2) is 35.4 Å². The molecule has 0 bridgehead atoms. The van der Waals surface area contributed by atoms with Crippen molar-refractivity contribution in [2.24, 2.45) is 0 Å². The fourth-order valence-electron chi connectivity index (χ4n) is 3.95. The highest BCUT2D eigenvalue weighted by Gasteiger charge is 2.35. The topological polar surface area (TPSA) is 76.6 Å². The summed E-state index contributed by atoms with van der Waals surface area (Å²) in [6, 6.07) is 5.11. The number of hydrogen-bond donors (Lipinski definition) is 0. The van der Waals surface area contributed by atoms with Crippen molar-refractivity contribution in [3.05, 3.63) is 52.8 Å². The summed E-state index contributed by atoms with van der Waals surface area (Å²) in [5.41, 5.74) is -0.0244. The summed E-state index contributed by atoms with van der Waals surface area (Å²) < 4.78 is 68.9. The number of pyridine rings is 1. The molecular formula is C21H21F3N2O4S. The van der Waals surface area contributed by atoms with Gasteiger partial charge in [0.2, 0.25) is 0 Å². The zero-order valence-corrected chi connectivity index (χ0v) is 17.6. The van der Waals surface area contributed by atoms with E-state index in [1.54, 1.807) is 0 Å². The first-order valence-electron chi connectivity index (χ1n) is 9.87. The molecule has 1 aliphatic heterocycles. The van der Waals surface area contributed by atoms with Crippen molar-refractivity contribution in [1.29, 1.82) is 0 Å². The number of carbonyl (C=O) groups is 1. The third-order valence-electron chi connectivity index (χ3n) is 5.59. The molecular weight excluding hydrogens is 433 g/mol. The van der Waals surface area contributed by atoms with Crippen molar-refractivity contribution < 1.29 is 31.1 Å². The van der Waals surface area contributed by atoms with E-state index in [1.807, 2.05) is 0 Å². The maximum absolute atomic E-state index is 13.3. The van der Waals surface area contributed by atoms with Gasteiger partial charge in [0.1, 0.15) is 11.4 Å². The number of ether oxygens (including phenoxy) is 1. The Hall–Kier alpha value is -2.62. The Bertz CT molecular complexity index is 1130. The molecule has 1 aromatic heterocycles. The van der Waals surface area contributed by atoms with Crippen LogP contribution in [0.25, 0.3) is 0 Å². The predicted octanol–water partition coefficient (Wildman–Crippen LogP) is 3.98. The highest BCUT2D eigenvalue weighted by atomic mass is 32.2. The van der Waals surface area contributed by atoms with E-state index in [9.17, 15) is 26.4 Å². The van der Waals surface area contributed by atoms with E-state index in [2.05, 4.69) is 4.98 Å². The summed E-state index contributed by atoms with van der Waals surface area (Å²) >= 11 is 0. The lowest BCUT2D eigenvalue weighted by atomic mass is 10.1. The highest BCUT2D eigenvalue weighted by Crippen LogP contribution is 2.34. The highest BCUT2D eigenvalue weighted by molar-refractivity contribution is 7.90. The van der Waals surface area contributed by atoms with Gasteiger partial charge in [-0.3, -0.25) is 9.78 Å². The molecule has 0 radical (unpaired) electrons. The first-order chi connectivity index (χ1) is 14.5. The van der Waals surface area contributed by atoms with Crippen LogP contribution in [-0.4, -0.2) is 36.6 Å². The van der Waals surface area contributed by atoms with Crippen LogP contribution < -0.4 is 4.74 Å². The number of halogens is 3. The van der Waals surface area contributed by atoms with E-state index in [0.29, 0.717) is 11.1 Å². The van der Waals surface area contributed by atoms with Gasteiger partial charge in [0.15, 0.2) is 9.84 Å². The van der Waals surface area contributed by atoms with Crippen molar-refractivity contribution in [3.8, 4) is 5.75 Å². The second-order valence-corrected chi connectivity index (χ2v) is 9.97. The number of amides is 1. The van der Waals surface area contributed by atoms with E-state index in [0.717, 1.165) is 44.2 Å². The largest absolute Gasteiger partial charge is 0.490 e. The minimum absolute atomic E-state index is 0.0210. The molecule has 0 unspecified atom stereocenters. The number of hydrogen-bond acceptors (Lipinski definition) is 5. The summed E-state index contributed by atoms with van der Waals surface area (Å²) in [5, 5.41) is 0.